The molecule has 24 heavy (non-hydrogen) atoms. The molecule has 1 rings (SSSR count). The number of unbranched alkanes of at least 4 members (excludes halogenated alkanes) is 2. The number of rotatable bonds is 11. The van der Waals surface area contributed by atoms with Crippen molar-refractivity contribution < 1.29 is 14.3 Å². The van der Waals surface area contributed by atoms with Crippen molar-refractivity contribution in [1.82, 2.24) is 0 Å². The van der Waals surface area contributed by atoms with Gasteiger partial charge in [-0.15, -0.1) is 25.5 Å². The van der Waals surface area contributed by atoms with Crippen LogP contribution in [-0.2, 0) is 11.2 Å². The Kier molecular flexibility index (Phi) is 9.07. The van der Waals surface area contributed by atoms with Crippen molar-refractivity contribution in [3.63, 3.8) is 0 Å². The van der Waals surface area contributed by atoms with Crippen LogP contribution in [0.1, 0.15) is 48.0 Å². The number of methoxy groups -OCH3 is 1. The summed E-state index contributed by atoms with van der Waals surface area (Å²) in [6.07, 6.45) is 13.4. The smallest absolute Gasteiger partial charge is 0.342 e. The van der Waals surface area contributed by atoms with Crippen molar-refractivity contribution in [2.45, 2.75) is 44.6 Å². The van der Waals surface area contributed by atoms with Gasteiger partial charge in [0.1, 0.15) is 17.4 Å². The van der Waals surface area contributed by atoms with Crippen molar-refractivity contribution in [3.05, 3.63) is 54.6 Å². The van der Waals surface area contributed by atoms with Crippen molar-refractivity contribution in [2.24, 2.45) is 0 Å². The summed E-state index contributed by atoms with van der Waals surface area (Å²) in [6.45, 7) is 7.44. The maximum atomic E-state index is 12.7. The van der Waals surface area contributed by atoms with Crippen LogP contribution in [0.4, 0.5) is 0 Å². The number of benzene rings is 1. The molecule has 0 saturated carbocycles. The molecule has 1 atom stereocenters. The van der Waals surface area contributed by atoms with E-state index in [4.69, 9.17) is 15.9 Å². The Balaban J connectivity index is 2.88. The van der Waals surface area contributed by atoms with E-state index in [0.29, 0.717) is 24.2 Å². The minimum absolute atomic E-state index is 0.284. The highest BCUT2D eigenvalue weighted by Crippen LogP contribution is 2.25. The van der Waals surface area contributed by atoms with E-state index >= 15 is 0 Å². The van der Waals surface area contributed by atoms with Gasteiger partial charge in [-0.3, -0.25) is 0 Å². The topological polar surface area (TPSA) is 35.5 Å². The van der Waals surface area contributed by atoms with Crippen molar-refractivity contribution in [1.29, 1.82) is 0 Å². The van der Waals surface area contributed by atoms with Gasteiger partial charge in [0.2, 0.25) is 0 Å². The highest BCUT2D eigenvalue weighted by molar-refractivity contribution is 5.94. The van der Waals surface area contributed by atoms with Gasteiger partial charge in [0.15, 0.2) is 0 Å². The van der Waals surface area contributed by atoms with Crippen molar-refractivity contribution in [2.75, 3.05) is 7.11 Å². The Bertz CT molecular complexity index is 596. The van der Waals surface area contributed by atoms with E-state index in [-0.39, 0.29) is 6.10 Å². The molecule has 3 nitrogen and oxygen atoms in total. The Morgan fingerprint density at radius 3 is 2.75 bits per heavy atom. The summed E-state index contributed by atoms with van der Waals surface area (Å²) in [5.41, 5.74) is 1.29. The summed E-state index contributed by atoms with van der Waals surface area (Å²) in [7, 11) is 1.54. The number of esters is 1. The van der Waals surface area contributed by atoms with E-state index in [1.165, 1.54) is 7.11 Å². The molecule has 3 heteroatoms. The molecule has 0 aromatic heterocycles. The summed E-state index contributed by atoms with van der Waals surface area (Å²) < 4.78 is 11.0. The molecule has 1 aromatic carbocycles. The molecule has 0 spiro atoms. The lowest BCUT2D eigenvalue weighted by molar-refractivity contribution is 0.0284. The summed E-state index contributed by atoms with van der Waals surface area (Å²) in [5.74, 6) is 2.70. The van der Waals surface area contributed by atoms with E-state index in [9.17, 15) is 4.79 Å². The molecule has 0 radical (unpaired) electrons. The zero-order valence-electron chi connectivity index (χ0n) is 14.4. The lowest BCUT2D eigenvalue weighted by atomic mass is 10.0. The first-order chi connectivity index (χ1) is 11.7. The maximum Gasteiger partial charge on any atom is 0.342 e. The number of hydrogen-bond donors (Lipinski definition) is 0. The molecule has 0 aliphatic heterocycles. The fraction of sp³-hybridized carbons (Fsp3) is 0.381. The third-order valence-corrected chi connectivity index (χ3v) is 3.70. The average molecular weight is 326 g/mol. The Hall–Kier alpha value is -2.47. The highest BCUT2D eigenvalue weighted by Gasteiger charge is 2.21. The molecule has 0 heterocycles. The van der Waals surface area contributed by atoms with Crippen LogP contribution >= 0.6 is 0 Å². The van der Waals surface area contributed by atoms with Gasteiger partial charge in [-0.25, -0.2) is 4.79 Å². The molecular weight excluding hydrogens is 300 g/mol. The molecule has 128 valence electrons. The number of allylic oxidation sites excluding steroid dienone is 2. The molecular formula is C21H26O3. The third kappa shape index (κ3) is 5.96. The van der Waals surface area contributed by atoms with Crippen LogP contribution in [-0.4, -0.2) is 19.2 Å². The van der Waals surface area contributed by atoms with Gasteiger partial charge in [-0.2, -0.15) is 0 Å². The van der Waals surface area contributed by atoms with Crippen LogP contribution in [0.2, 0.25) is 0 Å². The van der Waals surface area contributed by atoms with Gasteiger partial charge in [-0.1, -0.05) is 24.3 Å². The van der Waals surface area contributed by atoms with Gasteiger partial charge in [0.05, 0.1) is 7.11 Å². The standard InChI is InChI=1S/C21H26O3/c1-5-8-9-10-15-18(13-7-3)24-21(22)20-17(12-6-2)14-11-16-19(20)23-4/h3,5-6,11,14,16,18H,1-2,8-10,12-13,15H2,4H3/t18-/m0/s1. The van der Waals surface area contributed by atoms with Crippen LogP contribution in [0.25, 0.3) is 0 Å². The Labute approximate surface area is 145 Å². The number of carbonyl (C=O) groups is 1. The van der Waals surface area contributed by atoms with Crippen LogP contribution < -0.4 is 4.74 Å². The van der Waals surface area contributed by atoms with E-state index in [1.807, 2.05) is 18.2 Å². The molecule has 1 aromatic rings. The van der Waals surface area contributed by atoms with E-state index in [1.54, 1.807) is 12.1 Å². The first-order valence-corrected chi connectivity index (χ1v) is 8.20. The molecule has 0 aliphatic carbocycles. The zero-order chi connectivity index (χ0) is 17.8. The average Bonchev–Trinajstić information content (AvgIpc) is 2.58. The summed E-state index contributed by atoms with van der Waals surface area (Å²) in [4.78, 5) is 12.7. The SMILES string of the molecule is C#CC[C@@H](CCCCC=C)OC(=O)c1c(CC=C)cccc1OC. The van der Waals surface area contributed by atoms with E-state index < -0.39 is 5.97 Å². The molecule has 0 amide bonds. The van der Waals surface area contributed by atoms with E-state index in [2.05, 4.69) is 19.1 Å². The van der Waals surface area contributed by atoms with Gasteiger partial charge in [0.25, 0.3) is 0 Å². The normalized spacial score (nSPS) is 11.2. The predicted molar refractivity (Wildman–Crippen MR) is 98.2 cm³/mol. The predicted octanol–water partition coefficient (Wildman–Crippen LogP) is 4.72. The third-order valence-electron chi connectivity index (χ3n) is 3.70. The molecule has 0 unspecified atom stereocenters. The number of hydrogen-bond acceptors (Lipinski definition) is 3. The lowest BCUT2D eigenvalue weighted by Crippen LogP contribution is -2.19. The second kappa shape index (κ2) is 11.1. The molecule has 0 saturated heterocycles. The van der Waals surface area contributed by atoms with Crippen LogP contribution in [0, 0.1) is 12.3 Å². The van der Waals surface area contributed by atoms with Gasteiger partial charge >= 0.3 is 5.97 Å². The fourth-order valence-electron chi connectivity index (χ4n) is 2.51. The number of terminal acetylenes is 1. The summed E-state index contributed by atoms with van der Waals surface area (Å²) in [6, 6.07) is 5.48. The van der Waals surface area contributed by atoms with Gasteiger partial charge in [-0.05, 0) is 43.7 Å². The first-order valence-electron chi connectivity index (χ1n) is 8.20. The molecule has 0 N–H and O–H groups in total. The Morgan fingerprint density at radius 2 is 2.12 bits per heavy atom. The molecule has 0 bridgehead atoms. The fourth-order valence-corrected chi connectivity index (χ4v) is 2.51. The van der Waals surface area contributed by atoms with Crippen LogP contribution in [0.5, 0.6) is 5.75 Å². The molecule has 0 fully saturated rings. The largest absolute Gasteiger partial charge is 0.496 e. The minimum atomic E-state index is -0.395. The lowest BCUT2D eigenvalue weighted by Gasteiger charge is -2.18. The number of ether oxygens (including phenoxy) is 2. The summed E-state index contributed by atoms with van der Waals surface area (Å²) in [5, 5.41) is 0. The van der Waals surface area contributed by atoms with Gasteiger partial charge < -0.3 is 9.47 Å². The second-order valence-electron chi connectivity index (χ2n) is 5.50. The van der Waals surface area contributed by atoms with Crippen molar-refractivity contribution >= 4 is 5.97 Å². The van der Waals surface area contributed by atoms with Crippen LogP contribution in [0.3, 0.4) is 0 Å². The zero-order valence-corrected chi connectivity index (χ0v) is 14.4. The first kappa shape index (κ1) is 19.6. The van der Waals surface area contributed by atoms with Crippen LogP contribution in [0.15, 0.2) is 43.5 Å². The second-order valence-corrected chi connectivity index (χ2v) is 5.50. The summed E-state index contributed by atoms with van der Waals surface area (Å²) >= 11 is 0. The maximum absolute atomic E-state index is 12.7. The minimum Gasteiger partial charge on any atom is -0.496 e. The van der Waals surface area contributed by atoms with Gasteiger partial charge in [0, 0.05) is 6.42 Å². The number of carbonyl (C=O) groups excluding carboxylic acids is 1. The monoisotopic (exact) mass is 326 g/mol. The molecule has 0 aliphatic rings. The van der Waals surface area contributed by atoms with E-state index in [0.717, 1.165) is 31.2 Å². The Morgan fingerprint density at radius 1 is 1.33 bits per heavy atom. The highest BCUT2D eigenvalue weighted by atomic mass is 16.5. The quantitative estimate of drug-likeness (QED) is 0.255. The van der Waals surface area contributed by atoms with Crippen molar-refractivity contribution in [3.8, 4) is 18.1 Å².